The highest BCUT2D eigenvalue weighted by atomic mass is 35.5. The lowest BCUT2D eigenvalue weighted by Crippen LogP contribution is -2.42. The first kappa shape index (κ1) is 21.1. The fourth-order valence-electron chi connectivity index (χ4n) is 3.33. The molecule has 1 saturated heterocycles. The van der Waals surface area contributed by atoms with Gasteiger partial charge in [0.2, 0.25) is 11.8 Å². The van der Waals surface area contributed by atoms with Crippen LogP contribution in [0.4, 0.5) is 5.69 Å². The molecular weight excluding hydrogens is 392 g/mol. The van der Waals surface area contributed by atoms with Crippen LogP contribution in [0.2, 0.25) is 5.02 Å². The van der Waals surface area contributed by atoms with Crippen molar-refractivity contribution in [3.8, 4) is 5.75 Å². The minimum atomic E-state index is -0.131. The Morgan fingerprint density at radius 2 is 1.79 bits per heavy atom. The Balaban J connectivity index is 1.43. The number of piperidine rings is 1. The van der Waals surface area contributed by atoms with E-state index in [0.29, 0.717) is 49.0 Å². The van der Waals surface area contributed by atoms with Crippen molar-refractivity contribution in [3.05, 3.63) is 59.1 Å². The summed E-state index contributed by atoms with van der Waals surface area (Å²) in [4.78, 5) is 26.7. The number of carbonyl (C=O) groups excluding carboxylic acids is 2. The van der Waals surface area contributed by atoms with E-state index in [4.69, 9.17) is 21.1 Å². The lowest BCUT2D eigenvalue weighted by atomic mass is 9.95. The van der Waals surface area contributed by atoms with Gasteiger partial charge in [0, 0.05) is 24.0 Å². The molecule has 0 aliphatic carbocycles. The predicted octanol–water partition coefficient (Wildman–Crippen LogP) is 3.74. The van der Waals surface area contributed by atoms with Crippen molar-refractivity contribution in [2.75, 3.05) is 32.1 Å². The quantitative estimate of drug-likeness (QED) is 0.746. The summed E-state index contributed by atoms with van der Waals surface area (Å²) in [5.41, 5.74) is 1.51. The molecule has 0 spiro atoms. The highest BCUT2D eigenvalue weighted by Crippen LogP contribution is 2.26. The largest absolute Gasteiger partial charge is 0.495 e. The molecule has 29 heavy (non-hydrogen) atoms. The van der Waals surface area contributed by atoms with Crippen LogP contribution < -0.4 is 10.1 Å². The minimum Gasteiger partial charge on any atom is -0.495 e. The van der Waals surface area contributed by atoms with Gasteiger partial charge in [0.05, 0.1) is 19.4 Å². The number of methoxy groups -OCH3 is 1. The van der Waals surface area contributed by atoms with Gasteiger partial charge in [-0.25, -0.2) is 0 Å². The Bertz CT molecular complexity index is 850. The summed E-state index contributed by atoms with van der Waals surface area (Å²) < 4.78 is 10.8. The van der Waals surface area contributed by atoms with Gasteiger partial charge in [0.1, 0.15) is 12.4 Å². The highest BCUT2D eigenvalue weighted by molar-refractivity contribution is 6.31. The number of benzene rings is 2. The summed E-state index contributed by atoms with van der Waals surface area (Å²) in [6.07, 6.45) is 1.24. The summed E-state index contributed by atoms with van der Waals surface area (Å²) in [7, 11) is 1.57. The zero-order chi connectivity index (χ0) is 20.6. The number of rotatable bonds is 7. The number of hydrogen-bond donors (Lipinski definition) is 1. The summed E-state index contributed by atoms with van der Waals surface area (Å²) in [5.74, 6) is 0.384. The first-order valence-electron chi connectivity index (χ1n) is 9.61. The van der Waals surface area contributed by atoms with E-state index in [9.17, 15) is 9.59 Å². The van der Waals surface area contributed by atoms with E-state index in [1.807, 2.05) is 36.4 Å². The monoisotopic (exact) mass is 416 g/mol. The van der Waals surface area contributed by atoms with Crippen molar-refractivity contribution in [2.24, 2.45) is 5.92 Å². The van der Waals surface area contributed by atoms with Crippen LogP contribution in [0.5, 0.6) is 5.75 Å². The van der Waals surface area contributed by atoms with E-state index in [0.717, 1.165) is 5.56 Å². The second-order valence-electron chi connectivity index (χ2n) is 6.93. The second kappa shape index (κ2) is 10.3. The van der Waals surface area contributed by atoms with Crippen LogP contribution in [-0.4, -0.2) is 43.5 Å². The van der Waals surface area contributed by atoms with Crippen LogP contribution in [0.15, 0.2) is 48.5 Å². The van der Waals surface area contributed by atoms with Crippen LogP contribution in [-0.2, 0) is 20.9 Å². The number of likely N-dealkylation sites (tertiary alicyclic amines) is 1. The Labute approximate surface area is 175 Å². The van der Waals surface area contributed by atoms with Crippen LogP contribution in [0.1, 0.15) is 18.4 Å². The van der Waals surface area contributed by atoms with Crippen LogP contribution in [0.3, 0.4) is 0 Å². The van der Waals surface area contributed by atoms with Gasteiger partial charge in [-0.05, 0) is 36.6 Å². The third-order valence-electron chi connectivity index (χ3n) is 5.02. The van der Waals surface area contributed by atoms with Crippen molar-refractivity contribution in [1.29, 1.82) is 0 Å². The van der Waals surface area contributed by atoms with E-state index in [1.54, 1.807) is 24.1 Å². The van der Waals surface area contributed by atoms with Crippen molar-refractivity contribution >= 4 is 29.1 Å². The second-order valence-corrected chi connectivity index (χ2v) is 7.34. The maximum atomic E-state index is 12.6. The molecule has 2 aromatic carbocycles. The fraction of sp³-hybridized carbons (Fsp3) is 0.364. The molecule has 0 unspecified atom stereocenters. The molecule has 7 heteroatoms. The first-order chi connectivity index (χ1) is 14.1. The van der Waals surface area contributed by atoms with E-state index in [1.165, 1.54) is 0 Å². The van der Waals surface area contributed by atoms with E-state index in [2.05, 4.69) is 5.32 Å². The average Bonchev–Trinajstić information content (AvgIpc) is 2.75. The van der Waals surface area contributed by atoms with Crippen LogP contribution in [0.25, 0.3) is 0 Å². The van der Waals surface area contributed by atoms with Crippen molar-refractivity contribution in [3.63, 3.8) is 0 Å². The van der Waals surface area contributed by atoms with Gasteiger partial charge in [-0.3, -0.25) is 9.59 Å². The Hall–Kier alpha value is -2.57. The van der Waals surface area contributed by atoms with Gasteiger partial charge in [0.15, 0.2) is 0 Å². The normalized spacial score (nSPS) is 14.5. The molecule has 154 valence electrons. The molecule has 1 fully saturated rings. The van der Waals surface area contributed by atoms with E-state index in [-0.39, 0.29) is 24.3 Å². The molecule has 2 aromatic rings. The Kier molecular flexibility index (Phi) is 7.49. The molecule has 0 bridgehead atoms. The van der Waals surface area contributed by atoms with Crippen molar-refractivity contribution < 1.29 is 19.1 Å². The predicted molar refractivity (Wildman–Crippen MR) is 112 cm³/mol. The number of halogens is 1. The number of anilines is 1. The number of carbonyl (C=O) groups is 2. The maximum Gasteiger partial charge on any atom is 0.248 e. The molecule has 0 radical (unpaired) electrons. The summed E-state index contributed by atoms with van der Waals surface area (Å²) in [6.45, 7) is 1.38. The molecule has 0 atom stereocenters. The summed E-state index contributed by atoms with van der Waals surface area (Å²) in [5, 5.41) is 3.56. The van der Waals surface area contributed by atoms with Crippen LogP contribution >= 0.6 is 11.6 Å². The summed E-state index contributed by atoms with van der Waals surface area (Å²) in [6, 6.07) is 14.7. The van der Waals surface area contributed by atoms with Crippen molar-refractivity contribution in [2.45, 2.75) is 19.4 Å². The minimum absolute atomic E-state index is 0.00327. The molecule has 1 aliphatic rings. The number of hydrogen-bond acceptors (Lipinski definition) is 4. The lowest BCUT2D eigenvalue weighted by molar-refractivity contribution is -0.139. The molecule has 2 amide bonds. The standard InChI is InChI=1S/C22H25ClN2O4/c1-28-20-9-5-4-8-19(20)24-22(27)16-10-12-25(13-11-16)21(26)15-29-14-17-6-2-3-7-18(17)23/h2-9,16H,10-15H2,1H3,(H,24,27). The highest BCUT2D eigenvalue weighted by Gasteiger charge is 2.27. The van der Waals surface area contributed by atoms with Gasteiger partial charge < -0.3 is 19.7 Å². The van der Waals surface area contributed by atoms with Gasteiger partial charge in [0.25, 0.3) is 0 Å². The average molecular weight is 417 g/mol. The SMILES string of the molecule is COc1ccccc1NC(=O)C1CCN(C(=O)COCc2ccccc2Cl)CC1. The lowest BCUT2D eigenvalue weighted by Gasteiger charge is -2.31. The molecule has 1 N–H and O–H groups in total. The molecule has 1 aliphatic heterocycles. The maximum absolute atomic E-state index is 12.6. The van der Waals surface area contributed by atoms with E-state index >= 15 is 0 Å². The number of nitrogens with zero attached hydrogens (tertiary/aromatic N) is 1. The topological polar surface area (TPSA) is 67.9 Å². The summed E-state index contributed by atoms with van der Waals surface area (Å²) >= 11 is 6.09. The third kappa shape index (κ3) is 5.71. The zero-order valence-corrected chi connectivity index (χ0v) is 17.2. The molecule has 3 rings (SSSR count). The first-order valence-corrected chi connectivity index (χ1v) is 9.99. The molecule has 1 heterocycles. The smallest absolute Gasteiger partial charge is 0.248 e. The van der Waals surface area contributed by atoms with Gasteiger partial charge in [-0.1, -0.05) is 41.9 Å². The molecular formula is C22H25ClN2O4. The Morgan fingerprint density at radius 1 is 1.10 bits per heavy atom. The number of amides is 2. The van der Waals surface area contributed by atoms with Crippen LogP contribution in [0, 0.1) is 5.92 Å². The molecule has 0 aromatic heterocycles. The Morgan fingerprint density at radius 3 is 2.52 bits per heavy atom. The fourth-order valence-corrected chi connectivity index (χ4v) is 3.52. The third-order valence-corrected chi connectivity index (χ3v) is 5.39. The van der Waals surface area contributed by atoms with E-state index < -0.39 is 0 Å². The van der Waals surface area contributed by atoms with Gasteiger partial charge >= 0.3 is 0 Å². The van der Waals surface area contributed by atoms with Crippen molar-refractivity contribution in [1.82, 2.24) is 4.90 Å². The zero-order valence-electron chi connectivity index (χ0n) is 16.4. The number of para-hydroxylation sites is 2. The molecule has 6 nitrogen and oxygen atoms in total. The number of nitrogens with one attached hydrogen (secondary N) is 1. The van der Waals surface area contributed by atoms with Gasteiger partial charge in [-0.15, -0.1) is 0 Å². The number of ether oxygens (including phenoxy) is 2. The molecule has 0 saturated carbocycles. The van der Waals surface area contributed by atoms with Gasteiger partial charge in [-0.2, -0.15) is 0 Å².